The maximum Gasteiger partial charge on any atom is 0.150 e. The molecule has 1 aromatic carbocycles. The molecule has 1 heterocycles. The fourth-order valence-corrected chi connectivity index (χ4v) is 2.89. The summed E-state index contributed by atoms with van der Waals surface area (Å²) < 4.78 is 0. The monoisotopic (exact) mass is 258 g/mol. The van der Waals surface area contributed by atoms with Crippen molar-refractivity contribution < 1.29 is 4.79 Å². The molecule has 2 rings (SSSR count). The molecule has 0 amide bonds. The van der Waals surface area contributed by atoms with Crippen LogP contribution in [0.1, 0.15) is 21.5 Å². The van der Waals surface area contributed by atoms with Gasteiger partial charge in [-0.2, -0.15) is 0 Å². The van der Waals surface area contributed by atoms with Gasteiger partial charge >= 0.3 is 0 Å². The molecule has 0 spiro atoms. The van der Waals surface area contributed by atoms with Crippen molar-refractivity contribution in [2.45, 2.75) is 13.8 Å². The number of aldehydes is 1. The molecule has 0 bridgehead atoms. The van der Waals surface area contributed by atoms with Crippen molar-refractivity contribution in [3.05, 3.63) is 41.5 Å². The Morgan fingerprint density at radius 3 is 2.21 bits per heavy atom. The molecule has 0 aliphatic carbocycles. The van der Waals surface area contributed by atoms with Gasteiger partial charge in [0.2, 0.25) is 0 Å². The summed E-state index contributed by atoms with van der Waals surface area (Å²) in [6.07, 6.45) is 2.89. The third-order valence-corrected chi connectivity index (χ3v) is 3.73. The summed E-state index contributed by atoms with van der Waals surface area (Å²) in [4.78, 5) is 15.7. The lowest BCUT2D eigenvalue weighted by Crippen LogP contribution is -2.46. The Bertz CT molecular complexity index is 451. The second kappa shape index (κ2) is 6.02. The molecule has 0 unspecified atom stereocenters. The Hall–Kier alpha value is -1.61. The van der Waals surface area contributed by atoms with E-state index in [4.69, 9.17) is 0 Å². The van der Waals surface area contributed by atoms with Gasteiger partial charge in [0, 0.05) is 44.0 Å². The molecule has 102 valence electrons. The zero-order valence-corrected chi connectivity index (χ0v) is 11.9. The van der Waals surface area contributed by atoms with Crippen LogP contribution in [0.3, 0.4) is 0 Å². The molecule has 3 heteroatoms. The molecule has 3 nitrogen and oxygen atoms in total. The topological polar surface area (TPSA) is 23.6 Å². The number of rotatable bonds is 4. The lowest BCUT2D eigenvalue weighted by atomic mass is 10.0. The summed E-state index contributed by atoms with van der Waals surface area (Å²) in [6, 6.07) is 3.96. The number of piperazine rings is 1. The van der Waals surface area contributed by atoms with Gasteiger partial charge in [0.1, 0.15) is 6.29 Å². The van der Waals surface area contributed by atoms with Crippen LogP contribution in [0.25, 0.3) is 0 Å². The van der Waals surface area contributed by atoms with E-state index in [1.54, 1.807) is 0 Å². The van der Waals surface area contributed by atoms with Crippen LogP contribution in [0.5, 0.6) is 0 Å². The highest BCUT2D eigenvalue weighted by atomic mass is 16.1. The molecule has 0 aromatic heterocycles. The van der Waals surface area contributed by atoms with E-state index < -0.39 is 0 Å². The highest BCUT2D eigenvalue weighted by Gasteiger charge is 2.19. The molecule has 0 radical (unpaired) electrons. The molecule has 1 saturated heterocycles. The maximum absolute atomic E-state index is 10.9. The standard InChI is InChI=1S/C16H22N2O/c1-4-5-17-6-8-18(9-7-17)16-13(2)10-15(12-19)11-14(16)3/h4,10-12H,1,5-9H2,2-3H3. The van der Waals surface area contributed by atoms with Crippen LogP contribution < -0.4 is 4.90 Å². The molecule has 0 atom stereocenters. The number of hydrogen-bond acceptors (Lipinski definition) is 3. The van der Waals surface area contributed by atoms with E-state index in [1.807, 2.05) is 18.2 Å². The largest absolute Gasteiger partial charge is 0.369 e. The highest BCUT2D eigenvalue weighted by Crippen LogP contribution is 2.27. The van der Waals surface area contributed by atoms with E-state index in [9.17, 15) is 4.79 Å². The SMILES string of the molecule is C=CCN1CCN(c2c(C)cc(C=O)cc2C)CC1. The summed E-state index contributed by atoms with van der Waals surface area (Å²) in [5.41, 5.74) is 4.45. The first-order valence-electron chi connectivity index (χ1n) is 6.80. The van der Waals surface area contributed by atoms with Crippen LogP contribution >= 0.6 is 0 Å². The summed E-state index contributed by atoms with van der Waals surface area (Å²) in [7, 11) is 0. The second-order valence-electron chi connectivity index (χ2n) is 5.20. The van der Waals surface area contributed by atoms with Gasteiger partial charge in [-0.25, -0.2) is 0 Å². The van der Waals surface area contributed by atoms with Crippen molar-refractivity contribution in [2.24, 2.45) is 0 Å². The first kappa shape index (κ1) is 13.8. The van der Waals surface area contributed by atoms with E-state index in [0.29, 0.717) is 0 Å². The molecule has 1 aromatic rings. The van der Waals surface area contributed by atoms with Crippen LogP contribution in [-0.4, -0.2) is 43.9 Å². The number of hydrogen-bond donors (Lipinski definition) is 0. The zero-order chi connectivity index (χ0) is 13.8. The summed E-state index contributed by atoms with van der Waals surface area (Å²) >= 11 is 0. The number of aryl methyl sites for hydroxylation is 2. The van der Waals surface area contributed by atoms with E-state index in [-0.39, 0.29) is 0 Å². The van der Waals surface area contributed by atoms with Gasteiger partial charge in [0.15, 0.2) is 0 Å². The minimum absolute atomic E-state index is 0.768. The molecule has 1 aliphatic heterocycles. The number of carbonyl (C=O) groups excluding carboxylic acids is 1. The lowest BCUT2D eigenvalue weighted by molar-refractivity contribution is 0.112. The molecule has 0 saturated carbocycles. The maximum atomic E-state index is 10.9. The van der Waals surface area contributed by atoms with E-state index in [1.165, 1.54) is 16.8 Å². The smallest absolute Gasteiger partial charge is 0.150 e. The van der Waals surface area contributed by atoms with Crippen molar-refractivity contribution in [1.82, 2.24) is 4.90 Å². The minimum Gasteiger partial charge on any atom is -0.369 e. The van der Waals surface area contributed by atoms with Crippen LogP contribution in [0, 0.1) is 13.8 Å². The third-order valence-electron chi connectivity index (χ3n) is 3.73. The van der Waals surface area contributed by atoms with Gasteiger partial charge < -0.3 is 4.90 Å². The predicted molar refractivity (Wildman–Crippen MR) is 80.2 cm³/mol. The van der Waals surface area contributed by atoms with Crippen molar-refractivity contribution in [2.75, 3.05) is 37.6 Å². The van der Waals surface area contributed by atoms with Crippen LogP contribution in [0.15, 0.2) is 24.8 Å². The van der Waals surface area contributed by atoms with E-state index in [2.05, 4.69) is 30.2 Å². The molecule has 19 heavy (non-hydrogen) atoms. The number of carbonyl (C=O) groups is 1. The lowest BCUT2D eigenvalue weighted by Gasteiger charge is -2.37. The average molecular weight is 258 g/mol. The van der Waals surface area contributed by atoms with Crippen LogP contribution in [-0.2, 0) is 0 Å². The fraction of sp³-hybridized carbons (Fsp3) is 0.438. The zero-order valence-electron chi connectivity index (χ0n) is 11.9. The Balaban J connectivity index is 2.15. The molecular formula is C16H22N2O. The van der Waals surface area contributed by atoms with Gasteiger partial charge in [0.05, 0.1) is 0 Å². The number of nitrogens with zero attached hydrogens (tertiary/aromatic N) is 2. The van der Waals surface area contributed by atoms with Gasteiger partial charge in [-0.1, -0.05) is 6.08 Å². The predicted octanol–water partition coefficient (Wildman–Crippen LogP) is 2.42. The summed E-state index contributed by atoms with van der Waals surface area (Å²) in [5.74, 6) is 0. The van der Waals surface area contributed by atoms with Crippen molar-refractivity contribution in [3.8, 4) is 0 Å². The molecule has 1 fully saturated rings. The minimum atomic E-state index is 0.768. The van der Waals surface area contributed by atoms with Gasteiger partial charge in [-0.05, 0) is 37.1 Å². The molecular weight excluding hydrogens is 236 g/mol. The Kier molecular flexibility index (Phi) is 4.38. The average Bonchev–Trinajstić information content (AvgIpc) is 2.40. The third kappa shape index (κ3) is 3.04. The Morgan fingerprint density at radius 1 is 1.16 bits per heavy atom. The number of anilines is 1. The van der Waals surface area contributed by atoms with Crippen molar-refractivity contribution in [1.29, 1.82) is 0 Å². The van der Waals surface area contributed by atoms with Gasteiger partial charge in [-0.15, -0.1) is 6.58 Å². The van der Waals surface area contributed by atoms with E-state index in [0.717, 1.165) is 44.6 Å². The molecule has 1 aliphatic rings. The molecule has 0 N–H and O–H groups in total. The Labute approximate surface area is 115 Å². The van der Waals surface area contributed by atoms with Gasteiger partial charge in [-0.3, -0.25) is 9.69 Å². The first-order valence-corrected chi connectivity index (χ1v) is 6.80. The second-order valence-corrected chi connectivity index (χ2v) is 5.20. The Morgan fingerprint density at radius 2 is 1.74 bits per heavy atom. The first-order chi connectivity index (χ1) is 9.15. The number of benzene rings is 1. The van der Waals surface area contributed by atoms with Crippen molar-refractivity contribution >= 4 is 12.0 Å². The summed E-state index contributed by atoms with van der Waals surface area (Å²) in [6.45, 7) is 13.2. The van der Waals surface area contributed by atoms with E-state index >= 15 is 0 Å². The summed E-state index contributed by atoms with van der Waals surface area (Å²) in [5, 5.41) is 0. The van der Waals surface area contributed by atoms with Gasteiger partial charge in [0.25, 0.3) is 0 Å². The van der Waals surface area contributed by atoms with Crippen molar-refractivity contribution in [3.63, 3.8) is 0 Å². The highest BCUT2D eigenvalue weighted by molar-refractivity contribution is 5.78. The fourth-order valence-electron chi connectivity index (χ4n) is 2.89. The quantitative estimate of drug-likeness (QED) is 0.612. The normalized spacial score (nSPS) is 16.4. The van der Waals surface area contributed by atoms with Crippen LogP contribution in [0.2, 0.25) is 0 Å². The van der Waals surface area contributed by atoms with Crippen LogP contribution in [0.4, 0.5) is 5.69 Å².